The number of anilines is 1. The number of pyridine rings is 1. The molecular weight excluding hydrogens is 433 g/mol. The van der Waals surface area contributed by atoms with Crippen LogP contribution in [-0.4, -0.2) is 56.3 Å². The Balaban J connectivity index is 1.58. The van der Waals surface area contributed by atoms with Gasteiger partial charge in [-0.2, -0.15) is 0 Å². The monoisotopic (exact) mass is 459 g/mol. The van der Waals surface area contributed by atoms with Crippen LogP contribution in [-0.2, 0) is 0 Å². The van der Waals surface area contributed by atoms with Gasteiger partial charge in [0, 0.05) is 41.8 Å². The molecule has 174 valence electrons. The molecule has 1 atom stereocenters. The first-order valence-electron chi connectivity index (χ1n) is 11.3. The normalized spacial score (nSPS) is 16.3. The number of hydrogen-bond donors (Lipinski definition) is 2. The van der Waals surface area contributed by atoms with E-state index in [4.69, 9.17) is 5.73 Å². The van der Waals surface area contributed by atoms with Crippen LogP contribution in [0.5, 0.6) is 0 Å². The molecule has 3 aromatic heterocycles. The van der Waals surface area contributed by atoms with Crippen LogP contribution in [0.4, 0.5) is 10.2 Å². The number of amides is 1. The van der Waals surface area contributed by atoms with Crippen molar-refractivity contribution < 1.29 is 9.18 Å². The Kier molecular flexibility index (Phi) is 5.70. The molecule has 0 saturated carbocycles. The van der Waals surface area contributed by atoms with Crippen LogP contribution in [0.1, 0.15) is 29.0 Å². The first kappa shape index (κ1) is 22.0. The van der Waals surface area contributed by atoms with Crippen molar-refractivity contribution in [3.8, 4) is 22.5 Å². The molecule has 3 N–H and O–H groups in total. The van der Waals surface area contributed by atoms with Crippen molar-refractivity contribution in [1.82, 2.24) is 29.6 Å². The van der Waals surface area contributed by atoms with E-state index in [1.807, 2.05) is 29.7 Å². The van der Waals surface area contributed by atoms with E-state index >= 15 is 0 Å². The van der Waals surface area contributed by atoms with Gasteiger partial charge in [-0.1, -0.05) is 0 Å². The molecule has 34 heavy (non-hydrogen) atoms. The van der Waals surface area contributed by atoms with Crippen molar-refractivity contribution in [2.75, 3.05) is 25.9 Å². The van der Waals surface area contributed by atoms with E-state index in [2.05, 4.69) is 32.2 Å². The average Bonchev–Trinajstić information content (AvgIpc) is 3.42. The molecule has 9 heteroatoms. The van der Waals surface area contributed by atoms with Crippen LogP contribution in [0.3, 0.4) is 0 Å². The van der Waals surface area contributed by atoms with Gasteiger partial charge in [-0.05, 0) is 69.8 Å². The Labute approximate surface area is 196 Å². The number of nitrogens with two attached hydrogens (primary N) is 1. The van der Waals surface area contributed by atoms with Gasteiger partial charge in [0.1, 0.15) is 11.5 Å². The van der Waals surface area contributed by atoms with Crippen molar-refractivity contribution >= 4 is 17.4 Å². The number of fused-ring (bicyclic) bond motifs is 1. The maximum absolute atomic E-state index is 13.6. The topological polar surface area (TPSA) is 101 Å². The summed E-state index contributed by atoms with van der Waals surface area (Å²) >= 11 is 0. The first-order valence-corrected chi connectivity index (χ1v) is 11.3. The van der Waals surface area contributed by atoms with Crippen molar-refractivity contribution in [1.29, 1.82) is 0 Å². The molecule has 5 rings (SSSR count). The number of likely N-dealkylation sites (tertiary alicyclic amines) is 1. The van der Waals surface area contributed by atoms with Gasteiger partial charge in [0.25, 0.3) is 5.91 Å². The minimum atomic E-state index is -0.364. The Morgan fingerprint density at radius 1 is 1.15 bits per heavy atom. The number of hydrogen-bond acceptors (Lipinski definition) is 6. The number of rotatable bonds is 5. The van der Waals surface area contributed by atoms with E-state index in [0.29, 0.717) is 29.5 Å². The second kappa shape index (κ2) is 8.83. The zero-order chi connectivity index (χ0) is 23.8. The lowest BCUT2D eigenvalue weighted by atomic mass is 10.0. The van der Waals surface area contributed by atoms with Crippen LogP contribution in [0, 0.1) is 12.7 Å². The number of halogens is 1. The van der Waals surface area contributed by atoms with Crippen LogP contribution in [0.25, 0.3) is 28.2 Å². The van der Waals surface area contributed by atoms with Gasteiger partial charge in [0.2, 0.25) is 0 Å². The van der Waals surface area contributed by atoms with Crippen LogP contribution >= 0.6 is 0 Å². The highest BCUT2D eigenvalue weighted by molar-refractivity contribution is 5.98. The molecule has 0 aliphatic carbocycles. The summed E-state index contributed by atoms with van der Waals surface area (Å²) < 4.78 is 15.5. The number of aryl methyl sites for hydroxylation is 1. The highest BCUT2D eigenvalue weighted by Crippen LogP contribution is 2.31. The standard InChI is InChI=1S/C25H26FN7O/c1-15-12-28-20-10-7-17(14-33(15)20)22-21(16-5-8-18(26)9-6-16)31-24(27)23(30-22)25(34)29-13-19-4-3-11-32(19)2/h5-10,12,14,19H,3-4,11,13H2,1-2H3,(H2,27,31)(H,29,34)/t19-/m0/s1. The summed E-state index contributed by atoms with van der Waals surface area (Å²) in [5.41, 5.74) is 10.4. The molecule has 1 fully saturated rings. The Morgan fingerprint density at radius 3 is 2.62 bits per heavy atom. The third kappa shape index (κ3) is 4.10. The third-order valence-corrected chi connectivity index (χ3v) is 6.39. The van der Waals surface area contributed by atoms with Crippen LogP contribution < -0.4 is 11.1 Å². The molecular formula is C25H26FN7O. The number of nitrogens with one attached hydrogen (secondary N) is 1. The van der Waals surface area contributed by atoms with Gasteiger partial charge < -0.3 is 20.4 Å². The summed E-state index contributed by atoms with van der Waals surface area (Å²) in [6.07, 6.45) is 5.84. The van der Waals surface area contributed by atoms with Crippen LogP contribution in [0.2, 0.25) is 0 Å². The molecule has 0 spiro atoms. The molecule has 4 heterocycles. The van der Waals surface area contributed by atoms with Gasteiger partial charge in [-0.3, -0.25) is 4.79 Å². The minimum absolute atomic E-state index is 0.0280. The molecule has 1 saturated heterocycles. The number of aromatic nitrogens is 4. The fourth-order valence-electron chi connectivity index (χ4n) is 4.40. The Bertz CT molecular complexity index is 1370. The number of likely N-dealkylation sites (N-methyl/N-ethyl adjacent to an activating group) is 1. The molecule has 1 aliphatic rings. The summed E-state index contributed by atoms with van der Waals surface area (Å²) in [6, 6.07) is 10.0. The van der Waals surface area contributed by atoms with E-state index in [1.54, 1.807) is 18.3 Å². The lowest BCUT2D eigenvalue weighted by Crippen LogP contribution is -2.38. The first-order chi connectivity index (χ1) is 16.4. The predicted octanol–water partition coefficient (Wildman–Crippen LogP) is 3.31. The zero-order valence-corrected chi connectivity index (χ0v) is 19.1. The molecule has 1 aromatic carbocycles. The quantitative estimate of drug-likeness (QED) is 0.475. The van der Waals surface area contributed by atoms with Crippen molar-refractivity contribution in [2.24, 2.45) is 0 Å². The number of carbonyl (C=O) groups is 1. The summed E-state index contributed by atoms with van der Waals surface area (Å²) in [5, 5.41) is 2.96. The molecule has 4 aromatic rings. The van der Waals surface area contributed by atoms with Crippen molar-refractivity contribution in [3.05, 3.63) is 66.0 Å². The van der Waals surface area contributed by atoms with Gasteiger partial charge >= 0.3 is 0 Å². The van der Waals surface area contributed by atoms with Crippen molar-refractivity contribution in [2.45, 2.75) is 25.8 Å². The predicted molar refractivity (Wildman–Crippen MR) is 129 cm³/mol. The molecule has 1 aliphatic heterocycles. The van der Waals surface area contributed by atoms with E-state index in [9.17, 15) is 9.18 Å². The molecule has 8 nitrogen and oxygen atoms in total. The maximum atomic E-state index is 13.6. The second-order valence-corrected chi connectivity index (χ2v) is 8.69. The van der Waals surface area contributed by atoms with Crippen molar-refractivity contribution in [3.63, 3.8) is 0 Å². The third-order valence-electron chi connectivity index (χ3n) is 6.39. The van der Waals surface area contributed by atoms with E-state index < -0.39 is 0 Å². The number of nitrogen functional groups attached to an aromatic ring is 1. The number of carbonyl (C=O) groups excluding carboxylic acids is 1. The Hall–Kier alpha value is -3.85. The lowest BCUT2D eigenvalue weighted by molar-refractivity contribution is 0.0939. The van der Waals surface area contributed by atoms with E-state index in [0.717, 1.165) is 36.3 Å². The zero-order valence-electron chi connectivity index (χ0n) is 19.1. The molecule has 0 bridgehead atoms. The highest BCUT2D eigenvalue weighted by Gasteiger charge is 2.24. The van der Waals surface area contributed by atoms with E-state index in [-0.39, 0.29) is 23.2 Å². The van der Waals surface area contributed by atoms with Crippen LogP contribution in [0.15, 0.2) is 48.8 Å². The van der Waals surface area contributed by atoms with E-state index in [1.165, 1.54) is 12.1 Å². The molecule has 0 unspecified atom stereocenters. The summed E-state index contributed by atoms with van der Waals surface area (Å²) in [7, 11) is 2.06. The average molecular weight is 460 g/mol. The SMILES string of the molecule is Cc1cnc2ccc(-c3nc(C(=O)NC[C@@H]4CCCN4C)c(N)nc3-c3ccc(F)cc3)cn12. The summed E-state index contributed by atoms with van der Waals surface area (Å²) in [5.74, 6) is -0.688. The lowest BCUT2D eigenvalue weighted by Gasteiger charge is -2.20. The van der Waals surface area contributed by atoms with Gasteiger partial charge in [-0.25, -0.2) is 19.3 Å². The molecule has 1 amide bonds. The Morgan fingerprint density at radius 2 is 1.88 bits per heavy atom. The second-order valence-electron chi connectivity index (χ2n) is 8.69. The largest absolute Gasteiger partial charge is 0.382 e. The minimum Gasteiger partial charge on any atom is -0.382 e. The maximum Gasteiger partial charge on any atom is 0.273 e. The highest BCUT2D eigenvalue weighted by atomic mass is 19.1. The van der Waals surface area contributed by atoms with Gasteiger partial charge in [0.05, 0.1) is 11.4 Å². The van der Waals surface area contributed by atoms with Gasteiger partial charge in [0.15, 0.2) is 11.5 Å². The summed E-state index contributed by atoms with van der Waals surface area (Å²) in [4.78, 5) is 28.9. The molecule has 0 radical (unpaired) electrons. The fourth-order valence-corrected chi connectivity index (χ4v) is 4.40. The summed E-state index contributed by atoms with van der Waals surface area (Å²) in [6.45, 7) is 3.50. The number of nitrogens with zero attached hydrogens (tertiary/aromatic N) is 5. The van der Waals surface area contributed by atoms with Gasteiger partial charge in [-0.15, -0.1) is 0 Å². The smallest absolute Gasteiger partial charge is 0.273 e. The number of benzene rings is 1. The fraction of sp³-hybridized carbons (Fsp3) is 0.280. The number of imidazole rings is 1.